The van der Waals surface area contributed by atoms with Gasteiger partial charge in [0.25, 0.3) is 5.91 Å². The fourth-order valence-corrected chi connectivity index (χ4v) is 4.01. The lowest BCUT2D eigenvalue weighted by atomic mass is 10.0. The molecule has 32 heavy (non-hydrogen) atoms. The Kier molecular flexibility index (Phi) is 5.36. The minimum Gasteiger partial charge on any atom is -0.371 e. The van der Waals surface area contributed by atoms with E-state index in [0.29, 0.717) is 52.3 Å². The van der Waals surface area contributed by atoms with Gasteiger partial charge in [0, 0.05) is 54.5 Å². The average molecular weight is 437 g/mol. The van der Waals surface area contributed by atoms with Crippen LogP contribution in [0.15, 0.2) is 30.5 Å². The van der Waals surface area contributed by atoms with E-state index >= 15 is 4.39 Å². The molecule has 1 saturated carbocycles. The standard InChI is InChI=1S/C23H24FN5O3/c1-25-23(31)16-10-27-21(29-22(30)12-5-6-12)20-15(16)9-17(28-20)13-3-2-4-14(19(13)24)18-11-26-7-8-32-18/h2-4,9-10,12,18,26,28H,5-8,11H2,1H3,(H,25,31)(H,27,29,30). The van der Waals surface area contributed by atoms with Crippen molar-refractivity contribution in [3.63, 3.8) is 0 Å². The largest absolute Gasteiger partial charge is 0.371 e. The molecule has 8 nitrogen and oxygen atoms in total. The van der Waals surface area contributed by atoms with Crippen LogP contribution in [0, 0.1) is 11.7 Å². The number of rotatable bonds is 5. The van der Waals surface area contributed by atoms with Crippen LogP contribution in [0.1, 0.15) is 34.9 Å². The Morgan fingerprint density at radius 1 is 1.28 bits per heavy atom. The van der Waals surface area contributed by atoms with Gasteiger partial charge in [-0.25, -0.2) is 9.37 Å². The molecule has 0 radical (unpaired) electrons. The molecule has 1 aliphatic heterocycles. The molecular weight excluding hydrogens is 413 g/mol. The number of H-pyrrole nitrogens is 1. The van der Waals surface area contributed by atoms with Crippen LogP contribution in [0.4, 0.5) is 10.2 Å². The predicted octanol–water partition coefficient (Wildman–Crippen LogP) is 2.74. The summed E-state index contributed by atoms with van der Waals surface area (Å²) in [4.78, 5) is 32.2. The van der Waals surface area contributed by atoms with E-state index in [4.69, 9.17) is 4.74 Å². The van der Waals surface area contributed by atoms with E-state index < -0.39 is 0 Å². The number of fused-ring (bicyclic) bond motifs is 1. The first-order valence-corrected chi connectivity index (χ1v) is 10.7. The minimum absolute atomic E-state index is 0.00173. The van der Waals surface area contributed by atoms with E-state index in [1.54, 1.807) is 24.3 Å². The molecule has 3 heterocycles. The maximum absolute atomic E-state index is 15.5. The number of nitrogens with one attached hydrogen (secondary N) is 4. The number of morpholine rings is 1. The molecule has 0 spiro atoms. The van der Waals surface area contributed by atoms with Crippen LogP contribution in [0.5, 0.6) is 0 Å². The summed E-state index contributed by atoms with van der Waals surface area (Å²) >= 11 is 0. The number of halogens is 1. The van der Waals surface area contributed by atoms with Gasteiger partial charge in [-0.3, -0.25) is 9.59 Å². The van der Waals surface area contributed by atoms with Crippen molar-refractivity contribution in [1.29, 1.82) is 0 Å². The van der Waals surface area contributed by atoms with Gasteiger partial charge in [0.15, 0.2) is 5.82 Å². The van der Waals surface area contributed by atoms with Crippen molar-refractivity contribution in [3.05, 3.63) is 47.4 Å². The lowest BCUT2D eigenvalue weighted by molar-refractivity contribution is -0.117. The van der Waals surface area contributed by atoms with E-state index in [1.807, 2.05) is 0 Å². The van der Waals surface area contributed by atoms with Gasteiger partial charge in [-0.1, -0.05) is 12.1 Å². The molecule has 2 aromatic heterocycles. The number of carbonyl (C=O) groups excluding carboxylic acids is 2. The number of hydrogen-bond donors (Lipinski definition) is 4. The number of nitrogens with zero attached hydrogens (tertiary/aromatic N) is 1. The van der Waals surface area contributed by atoms with Crippen molar-refractivity contribution < 1.29 is 18.7 Å². The van der Waals surface area contributed by atoms with Crippen LogP contribution in [-0.4, -0.2) is 48.5 Å². The van der Waals surface area contributed by atoms with Crippen LogP contribution in [0.3, 0.4) is 0 Å². The Morgan fingerprint density at radius 2 is 2.12 bits per heavy atom. The molecule has 1 saturated heterocycles. The molecular formula is C23H24FN5O3. The lowest BCUT2D eigenvalue weighted by Crippen LogP contribution is -2.33. The Hall–Kier alpha value is -3.30. The molecule has 1 aliphatic carbocycles. The van der Waals surface area contributed by atoms with Gasteiger partial charge in [0.1, 0.15) is 5.82 Å². The fourth-order valence-electron chi connectivity index (χ4n) is 4.01. The minimum atomic E-state index is -0.384. The monoisotopic (exact) mass is 437 g/mol. The SMILES string of the molecule is CNC(=O)c1cnc(NC(=O)C2CC2)c2[nH]c(-c3cccc(C4CNCCO4)c3F)cc12. The number of benzene rings is 1. The van der Waals surface area contributed by atoms with Crippen LogP contribution in [0.25, 0.3) is 22.2 Å². The van der Waals surface area contributed by atoms with Gasteiger partial charge < -0.3 is 25.7 Å². The summed E-state index contributed by atoms with van der Waals surface area (Å²) in [6.45, 7) is 1.80. The molecule has 9 heteroatoms. The Labute approximate surface area is 183 Å². The van der Waals surface area contributed by atoms with E-state index in [-0.39, 0.29) is 29.7 Å². The Bertz CT molecular complexity index is 1200. The van der Waals surface area contributed by atoms with Crippen molar-refractivity contribution in [3.8, 4) is 11.3 Å². The van der Waals surface area contributed by atoms with Gasteiger partial charge in [-0.2, -0.15) is 0 Å². The van der Waals surface area contributed by atoms with Crippen LogP contribution >= 0.6 is 0 Å². The van der Waals surface area contributed by atoms with Crippen molar-refractivity contribution in [2.24, 2.45) is 5.92 Å². The first-order valence-electron chi connectivity index (χ1n) is 10.7. The molecule has 4 N–H and O–H groups in total. The number of amides is 2. The second kappa shape index (κ2) is 8.33. The highest BCUT2D eigenvalue weighted by molar-refractivity contribution is 6.11. The molecule has 2 aliphatic rings. The topological polar surface area (TPSA) is 108 Å². The molecule has 1 aromatic carbocycles. The average Bonchev–Trinajstić information content (AvgIpc) is 3.58. The number of carbonyl (C=O) groups is 2. The molecule has 2 fully saturated rings. The van der Waals surface area contributed by atoms with E-state index in [9.17, 15) is 9.59 Å². The zero-order valence-corrected chi connectivity index (χ0v) is 17.6. The van der Waals surface area contributed by atoms with Gasteiger partial charge in [0.05, 0.1) is 23.8 Å². The second-order valence-corrected chi connectivity index (χ2v) is 8.11. The molecule has 166 valence electrons. The summed E-state index contributed by atoms with van der Waals surface area (Å²) in [5.74, 6) is -0.474. The van der Waals surface area contributed by atoms with Gasteiger partial charge in [-0.05, 0) is 25.0 Å². The quantitative estimate of drug-likeness (QED) is 0.491. The van der Waals surface area contributed by atoms with Crippen molar-refractivity contribution >= 4 is 28.5 Å². The first-order chi connectivity index (χ1) is 15.6. The zero-order valence-electron chi connectivity index (χ0n) is 17.6. The van der Waals surface area contributed by atoms with Crippen molar-refractivity contribution in [2.45, 2.75) is 18.9 Å². The first kappa shape index (κ1) is 20.6. The summed E-state index contributed by atoms with van der Waals surface area (Å²) in [5, 5.41) is 9.21. The number of pyridine rings is 1. The van der Waals surface area contributed by atoms with E-state index in [1.165, 1.54) is 13.2 Å². The summed E-state index contributed by atoms with van der Waals surface area (Å²) in [6, 6.07) is 6.90. The predicted molar refractivity (Wildman–Crippen MR) is 118 cm³/mol. The third-order valence-corrected chi connectivity index (χ3v) is 5.92. The van der Waals surface area contributed by atoms with Gasteiger partial charge in [0.2, 0.25) is 5.91 Å². The maximum atomic E-state index is 15.5. The fraction of sp³-hybridized carbons (Fsp3) is 0.348. The number of aromatic amines is 1. The molecule has 0 bridgehead atoms. The maximum Gasteiger partial charge on any atom is 0.253 e. The molecule has 5 rings (SSSR count). The Morgan fingerprint density at radius 3 is 2.84 bits per heavy atom. The molecule has 3 aromatic rings. The number of aromatic nitrogens is 2. The van der Waals surface area contributed by atoms with Crippen LogP contribution in [-0.2, 0) is 9.53 Å². The highest BCUT2D eigenvalue weighted by Crippen LogP contribution is 2.35. The third kappa shape index (κ3) is 3.74. The highest BCUT2D eigenvalue weighted by Gasteiger charge is 2.31. The summed E-state index contributed by atoms with van der Waals surface area (Å²) in [6.07, 6.45) is 2.77. The van der Waals surface area contributed by atoms with Crippen molar-refractivity contribution in [1.82, 2.24) is 20.6 Å². The van der Waals surface area contributed by atoms with Crippen LogP contribution < -0.4 is 16.0 Å². The summed E-state index contributed by atoms with van der Waals surface area (Å²) in [7, 11) is 1.53. The molecule has 1 atom stereocenters. The van der Waals surface area contributed by atoms with E-state index in [2.05, 4.69) is 25.9 Å². The van der Waals surface area contributed by atoms with Gasteiger partial charge >= 0.3 is 0 Å². The zero-order chi connectivity index (χ0) is 22.2. The molecule has 1 unspecified atom stereocenters. The van der Waals surface area contributed by atoms with Gasteiger partial charge in [-0.15, -0.1) is 0 Å². The third-order valence-electron chi connectivity index (χ3n) is 5.92. The van der Waals surface area contributed by atoms with E-state index in [0.717, 1.165) is 19.4 Å². The molecule has 2 amide bonds. The number of anilines is 1. The second-order valence-electron chi connectivity index (χ2n) is 8.11. The number of ether oxygens (including phenoxy) is 1. The summed E-state index contributed by atoms with van der Waals surface area (Å²) < 4.78 is 21.3. The lowest BCUT2D eigenvalue weighted by Gasteiger charge is -2.24. The van der Waals surface area contributed by atoms with Crippen LogP contribution in [0.2, 0.25) is 0 Å². The highest BCUT2D eigenvalue weighted by atomic mass is 19.1. The smallest absolute Gasteiger partial charge is 0.253 e. The Balaban J connectivity index is 1.60. The van der Waals surface area contributed by atoms with Crippen molar-refractivity contribution in [2.75, 3.05) is 32.1 Å². The normalized spacial score (nSPS) is 18.5. The number of hydrogen-bond acceptors (Lipinski definition) is 5. The summed E-state index contributed by atoms with van der Waals surface area (Å²) in [5.41, 5.74) is 2.14.